The Morgan fingerprint density at radius 1 is 1.13 bits per heavy atom. The van der Waals surface area contributed by atoms with Crippen LogP contribution in [0.2, 0.25) is 0 Å². The van der Waals surface area contributed by atoms with Crippen molar-refractivity contribution in [3.8, 4) is 0 Å². The van der Waals surface area contributed by atoms with Gasteiger partial charge in [-0.1, -0.05) is 25.7 Å². The molecule has 1 atom stereocenters. The Balaban J connectivity index is 2.04. The fraction of sp³-hybridized carbons (Fsp3) is 1.00. The van der Waals surface area contributed by atoms with Gasteiger partial charge in [-0.05, 0) is 24.7 Å². The largest absolute Gasteiger partial charge is 0.213 e. The summed E-state index contributed by atoms with van der Waals surface area (Å²) in [4.78, 5) is 0. The third-order valence-corrected chi connectivity index (χ3v) is 5.51. The molecule has 0 aliphatic heterocycles. The summed E-state index contributed by atoms with van der Waals surface area (Å²) in [6.07, 6.45) is 10.1. The number of sulfonamides is 1. The van der Waals surface area contributed by atoms with Crippen LogP contribution in [0.1, 0.15) is 44.9 Å². The summed E-state index contributed by atoms with van der Waals surface area (Å²) in [7, 11) is -1.26. The molecule has 2 aliphatic rings. The summed E-state index contributed by atoms with van der Waals surface area (Å²) < 4.78 is 24.5. The molecule has 2 fully saturated rings. The van der Waals surface area contributed by atoms with Crippen LogP contribution >= 0.6 is 0 Å². The average Bonchev–Trinajstić information content (AvgIpc) is 2.88. The zero-order chi connectivity index (χ0) is 11.1. The monoisotopic (exact) mass is 231 g/mol. The van der Waals surface area contributed by atoms with Gasteiger partial charge in [-0.2, -0.15) is 0 Å². The van der Waals surface area contributed by atoms with Crippen LogP contribution in [0, 0.1) is 5.41 Å². The summed E-state index contributed by atoms with van der Waals surface area (Å²) in [5.41, 5.74) is 0.355. The van der Waals surface area contributed by atoms with Crippen molar-refractivity contribution in [1.82, 2.24) is 4.31 Å². The van der Waals surface area contributed by atoms with Gasteiger partial charge < -0.3 is 0 Å². The molecule has 0 amide bonds. The Labute approximate surface area is 92.9 Å². The Morgan fingerprint density at radius 2 is 1.67 bits per heavy atom. The second-order valence-electron chi connectivity index (χ2n) is 5.28. The minimum Gasteiger partial charge on any atom is -0.213 e. The van der Waals surface area contributed by atoms with Crippen molar-refractivity contribution >= 4 is 10.0 Å². The average molecular weight is 231 g/mol. The summed E-state index contributed by atoms with van der Waals surface area (Å²) in [5, 5.41) is 0. The van der Waals surface area contributed by atoms with E-state index in [0.29, 0.717) is 11.5 Å². The third-order valence-electron chi connectivity index (χ3n) is 4.21. The predicted octanol–water partition coefficient (Wildman–Crippen LogP) is 1.99. The molecule has 0 aromatic heterocycles. The van der Waals surface area contributed by atoms with E-state index in [9.17, 15) is 8.42 Å². The van der Waals surface area contributed by atoms with Gasteiger partial charge in [0.1, 0.15) is 0 Å². The third kappa shape index (κ3) is 2.21. The second-order valence-corrected chi connectivity index (χ2v) is 7.32. The molecule has 2 rings (SSSR count). The van der Waals surface area contributed by atoms with Crippen LogP contribution in [-0.4, -0.2) is 32.1 Å². The maximum atomic E-state index is 11.5. The van der Waals surface area contributed by atoms with Gasteiger partial charge >= 0.3 is 0 Å². The van der Waals surface area contributed by atoms with E-state index in [4.69, 9.17) is 0 Å². The highest BCUT2D eigenvalue weighted by Gasteiger charge is 2.56. The molecule has 0 heterocycles. The van der Waals surface area contributed by atoms with Crippen LogP contribution in [0.4, 0.5) is 0 Å². The number of nitrogens with zero attached hydrogens (tertiary/aromatic N) is 1. The van der Waals surface area contributed by atoms with Crippen molar-refractivity contribution in [2.45, 2.75) is 51.0 Å². The van der Waals surface area contributed by atoms with Crippen LogP contribution in [0.5, 0.6) is 0 Å². The first kappa shape index (κ1) is 11.4. The van der Waals surface area contributed by atoms with E-state index < -0.39 is 10.0 Å². The molecule has 4 heteroatoms. The van der Waals surface area contributed by atoms with Crippen molar-refractivity contribution in [1.29, 1.82) is 0 Å². The topological polar surface area (TPSA) is 37.4 Å². The maximum Gasteiger partial charge on any atom is 0.211 e. The van der Waals surface area contributed by atoms with Gasteiger partial charge in [0.05, 0.1) is 6.26 Å². The van der Waals surface area contributed by atoms with Gasteiger partial charge in [0.2, 0.25) is 10.0 Å². The highest BCUT2D eigenvalue weighted by Crippen LogP contribution is 2.58. The molecule has 0 aromatic carbocycles. The van der Waals surface area contributed by atoms with Crippen molar-refractivity contribution < 1.29 is 8.42 Å². The SMILES string of the molecule is CN(C1CC12CCCCCC2)S(C)(=O)=O. The molecule has 15 heavy (non-hydrogen) atoms. The van der Waals surface area contributed by atoms with E-state index in [2.05, 4.69) is 0 Å². The molecule has 88 valence electrons. The van der Waals surface area contributed by atoms with Crippen molar-refractivity contribution in [2.24, 2.45) is 5.41 Å². The first-order valence-corrected chi connectivity index (χ1v) is 7.74. The smallest absolute Gasteiger partial charge is 0.211 e. The second kappa shape index (κ2) is 3.74. The van der Waals surface area contributed by atoms with E-state index in [1.165, 1.54) is 44.8 Å². The summed E-state index contributed by atoms with van der Waals surface area (Å²) in [6, 6.07) is 0.297. The van der Waals surface area contributed by atoms with Gasteiger partial charge in [-0.15, -0.1) is 0 Å². The fourth-order valence-corrected chi connectivity index (χ4v) is 3.80. The molecular formula is C11H21NO2S. The summed E-state index contributed by atoms with van der Waals surface area (Å²) in [5.74, 6) is 0. The Bertz CT molecular complexity index is 328. The van der Waals surface area contributed by atoms with E-state index in [1.807, 2.05) is 0 Å². The molecule has 0 aromatic rings. The maximum absolute atomic E-state index is 11.5. The zero-order valence-corrected chi connectivity index (χ0v) is 10.5. The molecule has 1 unspecified atom stereocenters. The molecular weight excluding hydrogens is 210 g/mol. The lowest BCUT2D eigenvalue weighted by Crippen LogP contribution is -2.31. The fourth-order valence-electron chi connectivity index (χ4n) is 3.04. The molecule has 3 nitrogen and oxygen atoms in total. The molecule has 0 N–H and O–H groups in total. The Morgan fingerprint density at radius 3 is 2.13 bits per heavy atom. The quantitative estimate of drug-likeness (QED) is 0.729. The lowest BCUT2D eigenvalue weighted by molar-refractivity contribution is 0.345. The van der Waals surface area contributed by atoms with Gasteiger partial charge in [0.15, 0.2) is 0 Å². The summed E-state index contributed by atoms with van der Waals surface area (Å²) >= 11 is 0. The molecule has 2 saturated carbocycles. The van der Waals surface area contributed by atoms with Crippen LogP contribution in [0.15, 0.2) is 0 Å². The van der Waals surface area contributed by atoms with Crippen LogP contribution in [-0.2, 0) is 10.0 Å². The Hall–Kier alpha value is -0.0900. The minimum absolute atomic E-state index is 0.297. The van der Waals surface area contributed by atoms with Crippen LogP contribution in [0.25, 0.3) is 0 Å². The summed E-state index contributed by atoms with van der Waals surface area (Å²) in [6.45, 7) is 0. The number of rotatable bonds is 2. The van der Waals surface area contributed by atoms with Gasteiger partial charge in [-0.25, -0.2) is 12.7 Å². The van der Waals surface area contributed by atoms with E-state index in [-0.39, 0.29) is 0 Å². The van der Waals surface area contributed by atoms with Gasteiger partial charge in [-0.3, -0.25) is 0 Å². The standard InChI is InChI=1S/C11H21NO2S/c1-12(15(2,13)14)10-9-11(10)7-5-3-4-6-8-11/h10H,3-9H2,1-2H3. The van der Waals surface area contributed by atoms with E-state index >= 15 is 0 Å². The zero-order valence-electron chi connectivity index (χ0n) is 9.70. The lowest BCUT2D eigenvalue weighted by Gasteiger charge is -2.20. The van der Waals surface area contributed by atoms with E-state index in [1.54, 1.807) is 11.4 Å². The highest BCUT2D eigenvalue weighted by molar-refractivity contribution is 7.88. The van der Waals surface area contributed by atoms with Crippen LogP contribution < -0.4 is 0 Å². The number of hydrogen-bond donors (Lipinski definition) is 0. The van der Waals surface area contributed by atoms with Crippen molar-refractivity contribution in [2.75, 3.05) is 13.3 Å². The molecule has 0 bridgehead atoms. The normalized spacial score (nSPS) is 30.5. The molecule has 2 aliphatic carbocycles. The lowest BCUT2D eigenvalue weighted by atomic mass is 9.96. The molecule has 0 radical (unpaired) electrons. The minimum atomic E-state index is -2.99. The molecule has 0 saturated heterocycles. The van der Waals surface area contributed by atoms with E-state index in [0.717, 1.165) is 6.42 Å². The number of hydrogen-bond acceptors (Lipinski definition) is 2. The van der Waals surface area contributed by atoms with Crippen molar-refractivity contribution in [3.05, 3.63) is 0 Å². The van der Waals surface area contributed by atoms with Gasteiger partial charge in [0, 0.05) is 13.1 Å². The van der Waals surface area contributed by atoms with Crippen molar-refractivity contribution in [3.63, 3.8) is 0 Å². The van der Waals surface area contributed by atoms with Crippen LogP contribution in [0.3, 0.4) is 0 Å². The highest BCUT2D eigenvalue weighted by atomic mass is 32.2. The first-order valence-electron chi connectivity index (χ1n) is 5.89. The molecule has 1 spiro atoms. The first-order chi connectivity index (χ1) is 6.96. The Kier molecular flexibility index (Phi) is 2.84. The van der Waals surface area contributed by atoms with Gasteiger partial charge in [0.25, 0.3) is 0 Å². The predicted molar refractivity (Wildman–Crippen MR) is 61.1 cm³/mol.